The number of amides is 1. The molecule has 0 saturated carbocycles. The van der Waals surface area contributed by atoms with E-state index in [1.54, 1.807) is 0 Å². The number of ether oxygens (including phenoxy) is 1. The van der Waals surface area contributed by atoms with E-state index in [0.717, 1.165) is 35.4 Å². The van der Waals surface area contributed by atoms with Crippen LogP contribution in [-0.2, 0) is 11.0 Å². The van der Waals surface area contributed by atoms with E-state index in [-0.39, 0.29) is 12.4 Å². The molecule has 0 aliphatic carbocycles. The Labute approximate surface area is 137 Å². The average molecular weight is 336 g/mol. The molecule has 2 aromatic rings. The number of halogens is 3. The van der Waals surface area contributed by atoms with E-state index in [1.165, 1.54) is 6.21 Å². The molecule has 0 spiro atoms. The average Bonchev–Trinajstić information content (AvgIpc) is 2.54. The third kappa shape index (κ3) is 5.42. The lowest BCUT2D eigenvalue weighted by Gasteiger charge is -2.08. The van der Waals surface area contributed by atoms with Crippen molar-refractivity contribution in [3.8, 4) is 5.75 Å². The van der Waals surface area contributed by atoms with Gasteiger partial charge in [-0.2, -0.15) is 18.3 Å². The first-order valence-electron chi connectivity index (χ1n) is 7.03. The normalized spacial score (nSPS) is 11.5. The third-order valence-electron chi connectivity index (χ3n) is 3.03. The van der Waals surface area contributed by atoms with E-state index in [9.17, 15) is 18.0 Å². The highest BCUT2D eigenvalue weighted by molar-refractivity contribution is 5.82. The second-order valence-corrected chi connectivity index (χ2v) is 5.01. The lowest BCUT2D eigenvalue weighted by Crippen LogP contribution is -2.24. The summed E-state index contributed by atoms with van der Waals surface area (Å²) in [5.41, 5.74) is 3.44. The first-order valence-corrected chi connectivity index (χ1v) is 7.03. The molecule has 0 aliphatic heterocycles. The summed E-state index contributed by atoms with van der Waals surface area (Å²) in [6, 6.07) is 11.6. The lowest BCUT2D eigenvalue weighted by molar-refractivity contribution is -0.137. The van der Waals surface area contributed by atoms with Crippen molar-refractivity contribution in [3.05, 3.63) is 65.2 Å². The molecule has 1 amide bonds. The maximum absolute atomic E-state index is 12.4. The lowest BCUT2D eigenvalue weighted by atomic mass is 10.2. The van der Waals surface area contributed by atoms with Crippen LogP contribution < -0.4 is 10.2 Å². The number of benzene rings is 2. The fourth-order valence-corrected chi connectivity index (χ4v) is 1.75. The highest BCUT2D eigenvalue weighted by atomic mass is 19.4. The van der Waals surface area contributed by atoms with E-state index in [4.69, 9.17) is 4.74 Å². The fourth-order valence-electron chi connectivity index (χ4n) is 1.75. The molecule has 2 aromatic carbocycles. The number of carbonyl (C=O) groups is 1. The molecule has 2 rings (SSSR count). The number of hydrogen-bond donors (Lipinski definition) is 1. The summed E-state index contributed by atoms with van der Waals surface area (Å²) in [5.74, 6) is -0.348. The number of nitrogens with one attached hydrogen (secondary N) is 1. The summed E-state index contributed by atoms with van der Waals surface area (Å²) in [7, 11) is 0. The Kier molecular flexibility index (Phi) is 5.57. The minimum atomic E-state index is -4.40. The first-order chi connectivity index (χ1) is 11.3. The highest BCUT2D eigenvalue weighted by Crippen LogP contribution is 2.30. The maximum Gasteiger partial charge on any atom is 0.416 e. The minimum absolute atomic E-state index is 0.167. The molecule has 126 valence electrons. The maximum atomic E-state index is 12.4. The highest BCUT2D eigenvalue weighted by Gasteiger charge is 2.30. The topological polar surface area (TPSA) is 50.7 Å². The summed E-state index contributed by atoms with van der Waals surface area (Å²) in [6.07, 6.45) is -2.92. The van der Waals surface area contributed by atoms with Gasteiger partial charge in [-0.05, 0) is 36.8 Å². The zero-order chi connectivity index (χ0) is 17.6. The molecule has 0 bridgehead atoms. The van der Waals surface area contributed by atoms with E-state index in [2.05, 4.69) is 10.5 Å². The van der Waals surface area contributed by atoms with Gasteiger partial charge in [0, 0.05) is 0 Å². The van der Waals surface area contributed by atoms with Crippen molar-refractivity contribution in [2.45, 2.75) is 13.1 Å². The van der Waals surface area contributed by atoms with Crippen LogP contribution in [0.5, 0.6) is 5.75 Å². The van der Waals surface area contributed by atoms with Gasteiger partial charge in [0.05, 0.1) is 11.8 Å². The van der Waals surface area contributed by atoms with Gasteiger partial charge in [-0.1, -0.05) is 29.8 Å². The Bertz CT molecular complexity index is 708. The van der Waals surface area contributed by atoms with Crippen LogP contribution in [0.3, 0.4) is 0 Å². The molecule has 1 N–H and O–H groups in total. The predicted octanol–water partition coefficient (Wildman–Crippen LogP) is 3.54. The van der Waals surface area contributed by atoms with Gasteiger partial charge >= 0.3 is 6.18 Å². The van der Waals surface area contributed by atoms with Crippen molar-refractivity contribution in [3.63, 3.8) is 0 Å². The Morgan fingerprint density at radius 1 is 1.12 bits per heavy atom. The zero-order valence-electron chi connectivity index (χ0n) is 12.8. The monoisotopic (exact) mass is 336 g/mol. The summed E-state index contributed by atoms with van der Waals surface area (Å²) in [6.45, 7) is 1.61. The molecular formula is C17H15F3N2O2. The summed E-state index contributed by atoms with van der Waals surface area (Å²) >= 11 is 0. The van der Waals surface area contributed by atoms with Crippen LogP contribution in [0.15, 0.2) is 53.6 Å². The Hall–Kier alpha value is -2.83. The second kappa shape index (κ2) is 7.63. The number of aryl methyl sites for hydroxylation is 1. The number of carbonyl (C=O) groups excluding carboxylic acids is 1. The molecule has 7 heteroatoms. The quantitative estimate of drug-likeness (QED) is 0.671. The number of hydrazone groups is 1. The standard InChI is InChI=1S/C17H15F3N2O2/c1-12-2-4-13(5-3-12)10-21-22-16(23)11-24-15-8-6-14(7-9-15)17(18,19)20/h2-10H,11H2,1H3,(H,22,23)/b21-10+. The Balaban J connectivity index is 1.79. The van der Waals surface area contributed by atoms with Gasteiger partial charge in [-0.3, -0.25) is 4.79 Å². The van der Waals surface area contributed by atoms with Crippen LogP contribution in [0.4, 0.5) is 13.2 Å². The van der Waals surface area contributed by atoms with Gasteiger partial charge in [0.2, 0.25) is 0 Å². The zero-order valence-corrected chi connectivity index (χ0v) is 12.8. The van der Waals surface area contributed by atoms with Crippen LogP contribution in [0.25, 0.3) is 0 Å². The summed E-state index contributed by atoms with van der Waals surface area (Å²) < 4.78 is 42.3. The molecule has 24 heavy (non-hydrogen) atoms. The molecule has 0 aliphatic rings. The van der Waals surface area contributed by atoms with Crippen molar-refractivity contribution >= 4 is 12.1 Å². The molecule has 4 nitrogen and oxygen atoms in total. The smallest absolute Gasteiger partial charge is 0.416 e. The van der Waals surface area contributed by atoms with Gasteiger partial charge in [-0.15, -0.1) is 0 Å². The number of alkyl halides is 3. The minimum Gasteiger partial charge on any atom is -0.484 e. The van der Waals surface area contributed by atoms with Gasteiger partial charge in [0.1, 0.15) is 5.75 Å². The van der Waals surface area contributed by atoms with Crippen molar-refractivity contribution in [2.24, 2.45) is 5.10 Å². The number of nitrogens with zero attached hydrogens (tertiary/aromatic N) is 1. The summed E-state index contributed by atoms with van der Waals surface area (Å²) in [4.78, 5) is 11.6. The Morgan fingerprint density at radius 3 is 2.33 bits per heavy atom. The molecule has 0 unspecified atom stereocenters. The largest absolute Gasteiger partial charge is 0.484 e. The van der Waals surface area contributed by atoms with Gasteiger partial charge in [0.25, 0.3) is 5.91 Å². The fraction of sp³-hybridized carbons (Fsp3) is 0.176. The molecule has 0 heterocycles. The summed E-state index contributed by atoms with van der Waals surface area (Å²) in [5, 5.41) is 3.78. The van der Waals surface area contributed by atoms with Gasteiger partial charge in [-0.25, -0.2) is 5.43 Å². The SMILES string of the molecule is Cc1ccc(/C=N/NC(=O)COc2ccc(C(F)(F)F)cc2)cc1. The van der Waals surface area contributed by atoms with E-state index in [0.29, 0.717) is 0 Å². The molecule has 0 saturated heterocycles. The van der Waals surface area contributed by atoms with Crippen molar-refractivity contribution in [1.29, 1.82) is 0 Å². The number of hydrogen-bond acceptors (Lipinski definition) is 3. The van der Waals surface area contributed by atoms with Crippen LogP contribution >= 0.6 is 0 Å². The molecular weight excluding hydrogens is 321 g/mol. The second-order valence-electron chi connectivity index (χ2n) is 5.01. The van der Waals surface area contributed by atoms with Gasteiger partial charge < -0.3 is 4.74 Å². The van der Waals surface area contributed by atoms with Crippen LogP contribution in [0.1, 0.15) is 16.7 Å². The van der Waals surface area contributed by atoms with E-state index < -0.39 is 17.6 Å². The molecule has 0 radical (unpaired) electrons. The Morgan fingerprint density at radius 2 is 1.75 bits per heavy atom. The van der Waals surface area contributed by atoms with Crippen LogP contribution in [0.2, 0.25) is 0 Å². The van der Waals surface area contributed by atoms with Crippen molar-refractivity contribution in [1.82, 2.24) is 5.43 Å². The molecule has 0 fully saturated rings. The molecule has 0 aromatic heterocycles. The van der Waals surface area contributed by atoms with Crippen LogP contribution in [-0.4, -0.2) is 18.7 Å². The van der Waals surface area contributed by atoms with E-state index >= 15 is 0 Å². The van der Waals surface area contributed by atoms with Crippen molar-refractivity contribution < 1.29 is 22.7 Å². The first kappa shape index (κ1) is 17.5. The van der Waals surface area contributed by atoms with Crippen LogP contribution in [0, 0.1) is 6.92 Å². The number of rotatable bonds is 5. The van der Waals surface area contributed by atoms with Crippen molar-refractivity contribution in [2.75, 3.05) is 6.61 Å². The predicted molar refractivity (Wildman–Crippen MR) is 83.9 cm³/mol. The third-order valence-corrected chi connectivity index (χ3v) is 3.03. The van der Waals surface area contributed by atoms with Gasteiger partial charge in [0.15, 0.2) is 6.61 Å². The molecule has 0 atom stereocenters. The van der Waals surface area contributed by atoms with E-state index in [1.807, 2.05) is 31.2 Å².